The Morgan fingerprint density at radius 1 is 1.12 bits per heavy atom. The van der Waals surface area contributed by atoms with Crippen LogP contribution in [0, 0.1) is 24.1 Å². The van der Waals surface area contributed by atoms with E-state index in [1.807, 2.05) is 13.0 Å². The predicted octanol–water partition coefficient (Wildman–Crippen LogP) is 3.49. The van der Waals surface area contributed by atoms with Crippen LogP contribution >= 0.6 is 0 Å². The van der Waals surface area contributed by atoms with E-state index in [1.165, 1.54) is 43.4 Å². The molecule has 0 fully saturated rings. The summed E-state index contributed by atoms with van der Waals surface area (Å²) >= 11 is 0. The Morgan fingerprint density at radius 3 is 2.31 bits per heavy atom. The third-order valence-corrected chi connectivity index (χ3v) is 5.53. The highest BCUT2D eigenvalue weighted by Gasteiger charge is 2.28. The summed E-state index contributed by atoms with van der Waals surface area (Å²) in [6.07, 6.45) is 0. The van der Waals surface area contributed by atoms with Crippen molar-refractivity contribution in [1.82, 2.24) is 4.98 Å². The molecule has 0 amide bonds. The lowest BCUT2D eigenvalue weighted by Gasteiger charge is -2.16. The van der Waals surface area contributed by atoms with Gasteiger partial charge in [-0.2, -0.15) is 10.2 Å². The van der Waals surface area contributed by atoms with E-state index in [0.29, 0.717) is 5.56 Å². The molecule has 3 aromatic rings. The van der Waals surface area contributed by atoms with Crippen LogP contribution in [0.15, 0.2) is 57.8 Å². The molecule has 0 aliphatic heterocycles. The first kappa shape index (κ1) is 17.6. The van der Waals surface area contributed by atoms with Crippen molar-refractivity contribution in [3.63, 3.8) is 0 Å². The molecular formula is C18H14FN3O3S. The SMILES string of the molecule is Cc1ccc(S(=O)(=O)N(C)c2oc(-c3ccc(F)cc3)nc2C#N)cc1. The summed E-state index contributed by atoms with van der Waals surface area (Å²) in [4.78, 5) is 4.08. The zero-order chi connectivity index (χ0) is 18.9. The second kappa shape index (κ2) is 6.61. The first-order valence-corrected chi connectivity index (χ1v) is 8.99. The number of aryl methyl sites for hydroxylation is 1. The standard InChI is InChI=1S/C18H14FN3O3S/c1-12-3-9-15(10-4-12)26(23,24)22(2)18-16(11-20)21-17(25-18)13-5-7-14(19)8-6-13/h3-10H,1-2H3. The third kappa shape index (κ3) is 3.17. The van der Waals surface area contributed by atoms with E-state index in [0.717, 1.165) is 9.87 Å². The number of nitriles is 1. The molecule has 6 nitrogen and oxygen atoms in total. The quantitative estimate of drug-likeness (QED) is 0.701. The van der Waals surface area contributed by atoms with Crippen molar-refractivity contribution in [2.24, 2.45) is 0 Å². The van der Waals surface area contributed by atoms with Crippen molar-refractivity contribution >= 4 is 15.9 Å². The van der Waals surface area contributed by atoms with Gasteiger partial charge in [-0.1, -0.05) is 17.7 Å². The number of nitrogens with zero attached hydrogens (tertiary/aromatic N) is 3. The molecule has 1 aromatic heterocycles. The molecule has 0 saturated heterocycles. The average molecular weight is 371 g/mol. The van der Waals surface area contributed by atoms with Gasteiger partial charge in [-0.25, -0.2) is 17.1 Å². The maximum atomic E-state index is 13.1. The van der Waals surface area contributed by atoms with Crippen LogP contribution in [0.2, 0.25) is 0 Å². The maximum absolute atomic E-state index is 13.1. The van der Waals surface area contributed by atoms with Gasteiger partial charge >= 0.3 is 0 Å². The summed E-state index contributed by atoms with van der Waals surface area (Å²) in [5.41, 5.74) is 1.17. The fourth-order valence-corrected chi connectivity index (χ4v) is 3.43. The van der Waals surface area contributed by atoms with Crippen LogP contribution in [0.1, 0.15) is 11.3 Å². The Kier molecular flexibility index (Phi) is 4.49. The van der Waals surface area contributed by atoms with E-state index in [4.69, 9.17) is 4.42 Å². The number of sulfonamides is 1. The molecule has 0 bridgehead atoms. The van der Waals surface area contributed by atoms with Crippen LogP contribution in [-0.4, -0.2) is 20.4 Å². The molecule has 3 rings (SSSR count). The number of aromatic nitrogens is 1. The van der Waals surface area contributed by atoms with Crippen LogP contribution in [0.3, 0.4) is 0 Å². The lowest BCUT2D eigenvalue weighted by Crippen LogP contribution is -2.26. The Hall–Kier alpha value is -3.18. The molecule has 26 heavy (non-hydrogen) atoms. The first-order valence-electron chi connectivity index (χ1n) is 7.55. The summed E-state index contributed by atoms with van der Waals surface area (Å²) in [5.74, 6) is -0.602. The summed E-state index contributed by atoms with van der Waals surface area (Å²) in [6.45, 7) is 1.85. The van der Waals surface area contributed by atoms with Gasteiger partial charge < -0.3 is 4.42 Å². The molecule has 132 valence electrons. The lowest BCUT2D eigenvalue weighted by atomic mass is 10.2. The number of benzene rings is 2. The van der Waals surface area contributed by atoms with E-state index < -0.39 is 15.8 Å². The van der Waals surface area contributed by atoms with Gasteiger partial charge in [0.1, 0.15) is 11.9 Å². The highest BCUT2D eigenvalue weighted by molar-refractivity contribution is 7.92. The topological polar surface area (TPSA) is 87.2 Å². The zero-order valence-electron chi connectivity index (χ0n) is 14.0. The van der Waals surface area contributed by atoms with Gasteiger partial charge in [0.05, 0.1) is 4.90 Å². The number of anilines is 1. The normalized spacial score (nSPS) is 11.2. The first-order chi connectivity index (χ1) is 12.3. The van der Waals surface area contributed by atoms with E-state index in [2.05, 4.69) is 4.98 Å². The van der Waals surface area contributed by atoms with Gasteiger partial charge in [0.25, 0.3) is 10.0 Å². The minimum atomic E-state index is -3.93. The Labute approximate surface area is 150 Å². The molecule has 0 unspecified atom stereocenters. The van der Waals surface area contributed by atoms with Crippen LogP contribution in [-0.2, 0) is 10.0 Å². The summed E-state index contributed by atoms with van der Waals surface area (Å²) < 4.78 is 45.0. The lowest BCUT2D eigenvalue weighted by molar-refractivity contribution is 0.563. The fourth-order valence-electron chi connectivity index (χ4n) is 2.29. The van der Waals surface area contributed by atoms with Crippen molar-refractivity contribution < 1.29 is 17.2 Å². The molecule has 0 N–H and O–H groups in total. The summed E-state index contributed by atoms with van der Waals surface area (Å²) in [7, 11) is -2.65. The Morgan fingerprint density at radius 2 is 1.73 bits per heavy atom. The average Bonchev–Trinajstić information content (AvgIpc) is 3.06. The Bertz CT molecular complexity index is 1080. The van der Waals surface area contributed by atoms with Crippen LogP contribution in [0.4, 0.5) is 10.3 Å². The zero-order valence-corrected chi connectivity index (χ0v) is 14.8. The number of hydrogen-bond donors (Lipinski definition) is 0. The number of halogens is 1. The Balaban J connectivity index is 2.04. The monoisotopic (exact) mass is 371 g/mol. The molecule has 1 heterocycles. The second-order valence-electron chi connectivity index (χ2n) is 5.58. The minimum absolute atomic E-state index is 0.0301. The summed E-state index contributed by atoms with van der Waals surface area (Å²) in [6, 6.07) is 13.4. The van der Waals surface area contributed by atoms with Crippen LogP contribution < -0.4 is 4.31 Å². The van der Waals surface area contributed by atoms with Gasteiger partial charge in [-0.3, -0.25) is 0 Å². The molecule has 0 aliphatic carbocycles. The number of rotatable bonds is 4. The van der Waals surface area contributed by atoms with E-state index in [9.17, 15) is 18.1 Å². The molecule has 0 spiro atoms. The third-order valence-electron chi connectivity index (χ3n) is 3.77. The predicted molar refractivity (Wildman–Crippen MR) is 93.4 cm³/mol. The van der Waals surface area contributed by atoms with Crippen LogP contribution in [0.5, 0.6) is 0 Å². The molecule has 0 radical (unpaired) electrons. The molecule has 0 atom stereocenters. The van der Waals surface area contributed by atoms with E-state index in [-0.39, 0.29) is 22.4 Å². The van der Waals surface area contributed by atoms with Crippen molar-refractivity contribution in [3.8, 4) is 17.5 Å². The number of hydrogen-bond acceptors (Lipinski definition) is 5. The minimum Gasteiger partial charge on any atom is -0.418 e. The van der Waals surface area contributed by atoms with Gasteiger partial charge in [0.2, 0.25) is 17.5 Å². The van der Waals surface area contributed by atoms with Gasteiger partial charge in [0.15, 0.2) is 0 Å². The molecule has 0 aliphatic rings. The highest BCUT2D eigenvalue weighted by atomic mass is 32.2. The molecule has 2 aromatic carbocycles. The van der Waals surface area contributed by atoms with E-state index >= 15 is 0 Å². The van der Waals surface area contributed by atoms with Crippen molar-refractivity contribution in [2.75, 3.05) is 11.4 Å². The molecule has 0 saturated carbocycles. The van der Waals surface area contributed by atoms with Crippen molar-refractivity contribution in [1.29, 1.82) is 5.26 Å². The number of oxazole rings is 1. The second-order valence-corrected chi connectivity index (χ2v) is 7.55. The largest absolute Gasteiger partial charge is 0.418 e. The van der Waals surface area contributed by atoms with E-state index in [1.54, 1.807) is 12.1 Å². The van der Waals surface area contributed by atoms with Crippen molar-refractivity contribution in [3.05, 3.63) is 65.6 Å². The molecule has 8 heteroatoms. The smallest absolute Gasteiger partial charge is 0.266 e. The van der Waals surface area contributed by atoms with Crippen molar-refractivity contribution in [2.45, 2.75) is 11.8 Å². The maximum Gasteiger partial charge on any atom is 0.266 e. The van der Waals surface area contributed by atoms with Crippen LogP contribution in [0.25, 0.3) is 11.5 Å². The highest BCUT2D eigenvalue weighted by Crippen LogP contribution is 2.30. The summed E-state index contributed by atoms with van der Waals surface area (Å²) in [5, 5.41) is 9.29. The van der Waals surface area contributed by atoms with Gasteiger partial charge in [0, 0.05) is 12.6 Å². The van der Waals surface area contributed by atoms with Gasteiger partial charge in [-0.05, 0) is 43.3 Å². The molecular weight excluding hydrogens is 357 g/mol. The van der Waals surface area contributed by atoms with Gasteiger partial charge in [-0.15, -0.1) is 0 Å². The fraction of sp³-hybridized carbons (Fsp3) is 0.111.